The zero-order valence-electron chi connectivity index (χ0n) is 24.1. The van der Waals surface area contributed by atoms with Crippen molar-refractivity contribution in [1.29, 1.82) is 0 Å². The van der Waals surface area contributed by atoms with Crippen LogP contribution in [0, 0.1) is 0 Å². The molecular weight excluding hydrogens is 522 g/mol. The van der Waals surface area contributed by atoms with E-state index in [1.807, 2.05) is 30.3 Å². The van der Waals surface area contributed by atoms with Gasteiger partial charge in [0.1, 0.15) is 0 Å². The van der Waals surface area contributed by atoms with E-state index in [4.69, 9.17) is 15.0 Å². The van der Waals surface area contributed by atoms with Gasteiger partial charge in [-0.05, 0) is 50.2 Å². The van der Waals surface area contributed by atoms with Gasteiger partial charge in [-0.3, -0.25) is 0 Å². The highest BCUT2D eigenvalue weighted by Crippen LogP contribution is 2.52. The second-order valence-electron chi connectivity index (χ2n) is 11.7. The van der Waals surface area contributed by atoms with E-state index >= 15 is 0 Å². The Morgan fingerprint density at radius 3 is 1.77 bits per heavy atom. The normalized spacial score (nSPS) is 13.1. The number of benzene rings is 6. The summed E-state index contributed by atoms with van der Waals surface area (Å²) in [5.41, 5.74) is 10.3. The van der Waals surface area contributed by atoms with Crippen LogP contribution in [0.5, 0.6) is 0 Å². The summed E-state index contributed by atoms with van der Waals surface area (Å²) in [6, 6.07) is 48.9. The van der Waals surface area contributed by atoms with Crippen LogP contribution in [0.1, 0.15) is 25.0 Å². The fourth-order valence-electron chi connectivity index (χ4n) is 6.63. The largest absolute Gasteiger partial charge is 0.208 e. The molecule has 0 atom stereocenters. The molecule has 0 aliphatic heterocycles. The molecular formula is C40H29N3. The predicted octanol–water partition coefficient (Wildman–Crippen LogP) is 10.00. The molecule has 7 aromatic rings. The molecule has 1 aromatic heterocycles. The SMILES string of the molecule is CC1(C)c2cc(-c3nc(-c4ccccc4)nc(-c4ccccc4-c4ccccc4)n3)ccc2-c2ccc3ccccc3c21. The van der Waals surface area contributed by atoms with Gasteiger partial charge in [0.05, 0.1) is 0 Å². The van der Waals surface area contributed by atoms with E-state index < -0.39 is 0 Å². The first kappa shape index (κ1) is 25.3. The Kier molecular flexibility index (Phi) is 5.80. The van der Waals surface area contributed by atoms with Crippen molar-refractivity contribution in [3.8, 4) is 56.4 Å². The zero-order chi connectivity index (χ0) is 29.0. The van der Waals surface area contributed by atoms with Crippen molar-refractivity contribution in [2.24, 2.45) is 0 Å². The van der Waals surface area contributed by atoms with E-state index in [1.54, 1.807) is 0 Å². The van der Waals surface area contributed by atoms with E-state index in [-0.39, 0.29) is 5.41 Å². The summed E-state index contributed by atoms with van der Waals surface area (Å²) in [5.74, 6) is 2.00. The van der Waals surface area contributed by atoms with Crippen LogP contribution >= 0.6 is 0 Å². The molecule has 1 heterocycles. The molecule has 0 amide bonds. The minimum Gasteiger partial charge on any atom is -0.208 e. The highest BCUT2D eigenvalue weighted by Gasteiger charge is 2.37. The number of hydrogen-bond acceptors (Lipinski definition) is 3. The van der Waals surface area contributed by atoms with Crippen LogP contribution in [0.4, 0.5) is 0 Å². The summed E-state index contributed by atoms with van der Waals surface area (Å²) in [6.07, 6.45) is 0. The van der Waals surface area contributed by atoms with Crippen LogP contribution in [0.25, 0.3) is 67.2 Å². The topological polar surface area (TPSA) is 38.7 Å². The molecule has 0 saturated heterocycles. The van der Waals surface area contributed by atoms with Gasteiger partial charge in [0, 0.05) is 22.1 Å². The van der Waals surface area contributed by atoms with Gasteiger partial charge in [-0.1, -0.05) is 147 Å². The summed E-state index contributed by atoms with van der Waals surface area (Å²) in [7, 11) is 0. The molecule has 3 heteroatoms. The first-order valence-electron chi connectivity index (χ1n) is 14.7. The van der Waals surface area contributed by atoms with Gasteiger partial charge in [0.25, 0.3) is 0 Å². The second kappa shape index (κ2) is 9.85. The fourth-order valence-corrected chi connectivity index (χ4v) is 6.63. The lowest BCUT2D eigenvalue weighted by Gasteiger charge is -2.23. The Labute approximate surface area is 251 Å². The summed E-state index contributed by atoms with van der Waals surface area (Å²) < 4.78 is 0. The molecule has 3 nitrogen and oxygen atoms in total. The van der Waals surface area contributed by atoms with Crippen LogP contribution in [0.2, 0.25) is 0 Å². The molecule has 43 heavy (non-hydrogen) atoms. The predicted molar refractivity (Wildman–Crippen MR) is 177 cm³/mol. The lowest BCUT2D eigenvalue weighted by atomic mass is 9.80. The monoisotopic (exact) mass is 551 g/mol. The van der Waals surface area contributed by atoms with Gasteiger partial charge in [-0.25, -0.2) is 15.0 Å². The van der Waals surface area contributed by atoms with Crippen LogP contribution in [-0.4, -0.2) is 15.0 Å². The van der Waals surface area contributed by atoms with Crippen molar-refractivity contribution in [1.82, 2.24) is 15.0 Å². The third-order valence-electron chi connectivity index (χ3n) is 8.72. The lowest BCUT2D eigenvalue weighted by Crippen LogP contribution is -2.15. The minimum atomic E-state index is -0.167. The molecule has 0 radical (unpaired) electrons. The van der Waals surface area contributed by atoms with Crippen molar-refractivity contribution >= 4 is 10.8 Å². The smallest absolute Gasteiger partial charge is 0.164 e. The first-order valence-corrected chi connectivity index (χ1v) is 14.7. The Morgan fingerprint density at radius 1 is 0.419 bits per heavy atom. The van der Waals surface area contributed by atoms with Crippen molar-refractivity contribution in [3.63, 3.8) is 0 Å². The lowest BCUT2D eigenvalue weighted by molar-refractivity contribution is 0.666. The summed E-state index contributed by atoms with van der Waals surface area (Å²) in [4.78, 5) is 15.2. The molecule has 0 unspecified atom stereocenters. The Morgan fingerprint density at radius 2 is 1.00 bits per heavy atom. The molecule has 204 valence electrons. The van der Waals surface area contributed by atoms with Gasteiger partial charge in [-0.2, -0.15) is 0 Å². The molecule has 6 aromatic carbocycles. The van der Waals surface area contributed by atoms with Gasteiger partial charge in [0.15, 0.2) is 17.5 Å². The quantitative estimate of drug-likeness (QED) is 0.218. The molecule has 0 saturated carbocycles. The molecule has 0 fully saturated rings. The van der Waals surface area contributed by atoms with Crippen LogP contribution in [0.15, 0.2) is 140 Å². The van der Waals surface area contributed by atoms with Crippen molar-refractivity contribution in [2.75, 3.05) is 0 Å². The number of hydrogen-bond donors (Lipinski definition) is 0. The average Bonchev–Trinajstić information content (AvgIpc) is 3.31. The van der Waals surface area contributed by atoms with E-state index in [0.29, 0.717) is 17.5 Å². The average molecular weight is 552 g/mol. The second-order valence-corrected chi connectivity index (χ2v) is 11.7. The molecule has 1 aliphatic carbocycles. The van der Waals surface area contributed by atoms with E-state index in [2.05, 4.69) is 123 Å². The third-order valence-corrected chi connectivity index (χ3v) is 8.72. The molecule has 0 N–H and O–H groups in total. The minimum absolute atomic E-state index is 0.167. The third kappa shape index (κ3) is 4.16. The van der Waals surface area contributed by atoms with Gasteiger partial charge >= 0.3 is 0 Å². The Balaban J connectivity index is 1.32. The number of fused-ring (bicyclic) bond motifs is 5. The van der Waals surface area contributed by atoms with Gasteiger partial charge in [0.2, 0.25) is 0 Å². The number of nitrogens with zero attached hydrogens (tertiary/aromatic N) is 3. The summed E-state index contributed by atoms with van der Waals surface area (Å²) >= 11 is 0. The molecule has 0 bridgehead atoms. The van der Waals surface area contributed by atoms with Crippen LogP contribution in [0.3, 0.4) is 0 Å². The van der Waals surface area contributed by atoms with E-state index in [0.717, 1.165) is 27.8 Å². The molecule has 1 aliphatic rings. The maximum atomic E-state index is 5.14. The summed E-state index contributed by atoms with van der Waals surface area (Å²) in [5, 5.41) is 2.59. The van der Waals surface area contributed by atoms with E-state index in [9.17, 15) is 0 Å². The Bertz CT molecular complexity index is 2150. The first-order chi connectivity index (χ1) is 21.1. The van der Waals surface area contributed by atoms with Crippen molar-refractivity contribution in [3.05, 3.63) is 151 Å². The van der Waals surface area contributed by atoms with Gasteiger partial charge < -0.3 is 0 Å². The van der Waals surface area contributed by atoms with Crippen molar-refractivity contribution in [2.45, 2.75) is 19.3 Å². The molecule has 0 spiro atoms. The highest BCUT2D eigenvalue weighted by molar-refractivity contribution is 5.98. The zero-order valence-corrected chi connectivity index (χ0v) is 24.1. The number of rotatable bonds is 4. The Hall–Kier alpha value is -5.41. The van der Waals surface area contributed by atoms with Crippen molar-refractivity contribution < 1.29 is 0 Å². The standard InChI is InChI=1S/C40H29N3/c1-40(2)35-25-29(22-23-32(35)33-24-21-27-15-9-10-19-31(27)36(33)40)38-41-37(28-16-7-4-8-17-28)42-39(43-38)34-20-12-11-18-30(34)26-13-5-3-6-14-26/h3-25H,1-2H3. The van der Waals surface area contributed by atoms with E-state index in [1.165, 1.54) is 33.0 Å². The summed E-state index contributed by atoms with van der Waals surface area (Å²) in [6.45, 7) is 4.66. The highest BCUT2D eigenvalue weighted by atomic mass is 15.0. The number of aromatic nitrogens is 3. The fraction of sp³-hybridized carbons (Fsp3) is 0.0750. The molecule has 8 rings (SSSR count). The van der Waals surface area contributed by atoms with Gasteiger partial charge in [-0.15, -0.1) is 0 Å². The maximum absolute atomic E-state index is 5.14. The van der Waals surface area contributed by atoms with Crippen LogP contribution in [-0.2, 0) is 5.41 Å². The maximum Gasteiger partial charge on any atom is 0.164 e. The van der Waals surface area contributed by atoms with Crippen LogP contribution < -0.4 is 0 Å².